The maximum atomic E-state index is 11.8. The van der Waals surface area contributed by atoms with Gasteiger partial charge in [0.1, 0.15) is 4.99 Å². The molecule has 1 unspecified atom stereocenters. The standard InChI is InChI=1S/C13H15N3O2S/c14-13(19)9-3-1-8(2-4-9)5-12(18)16-10-6-11(17)15-7-10/h1-4,10H,5-7H2,(H2,14,19)(H,15,17)(H,16,18). The van der Waals surface area contributed by atoms with E-state index >= 15 is 0 Å². The van der Waals surface area contributed by atoms with Gasteiger partial charge in [0.05, 0.1) is 12.5 Å². The fourth-order valence-electron chi connectivity index (χ4n) is 1.96. The Hall–Kier alpha value is -1.95. The van der Waals surface area contributed by atoms with Crippen LogP contribution in [0.25, 0.3) is 0 Å². The zero-order valence-corrected chi connectivity index (χ0v) is 11.1. The van der Waals surface area contributed by atoms with Crippen molar-refractivity contribution in [1.29, 1.82) is 0 Å². The number of carbonyl (C=O) groups excluding carboxylic acids is 2. The highest BCUT2D eigenvalue weighted by Gasteiger charge is 2.22. The molecule has 2 amide bonds. The van der Waals surface area contributed by atoms with Crippen molar-refractivity contribution >= 4 is 29.0 Å². The van der Waals surface area contributed by atoms with Gasteiger partial charge in [-0.3, -0.25) is 9.59 Å². The van der Waals surface area contributed by atoms with Crippen LogP contribution < -0.4 is 16.4 Å². The van der Waals surface area contributed by atoms with Gasteiger partial charge in [-0.1, -0.05) is 36.5 Å². The summed E-state index contributed by atoms with van der Waals surface area (Å²) in [4.78, 5) is 23.1. The summed E-state index contributed by atoms with van der Waals surface area (Å²) in [5.74, 6) is -0.115. The lowest BCUT2D eigenvalue weighted by Crippen LogP contribution is -2.37. The number of hydrogen-bond donors (Lipinski definition) is 3. The van der Waals surface area contributed by atoms with Crippen LogP contribution in [0.15, 0.2) is 24.3 Å². The van der Waals surface area contributed by atoms with Crippen molar-refractivity contribution in [3.8, 4) is 0 Å². The molecule has 6 heteroatoms. The van der Waals surface area contributed by atoms with Crippen LogP contribution in [0.3, 0.4) is 0 Å². The Balaban J connectivity index is 1.88. The summed E-state index contributed by atoms with van der Waals surface area (Å²) >= 11 is 4.86. The molecule has 1 saturated heterocycles. The first-order valence-corrected chi connectivity index (χ1v) is 6.40. The second kappa shape index (κ2) is 5.79. The van der Waals surface area contributed by atoms with E-state index in [1.807, 2.05) is 12.1 Å². The molecule has 2 rings (SSSR count). The van der Waals surface area contributed by atoms with Crippen LogP contribution in [0.4, 0.5) is 0 Å². The predicted octanol–water partition coefficient (Wildman–Crippen LogP) is -0.132. The Morgan fingerprint density at radius 2 is 2.11 bits per heavy atom. The maximum absolute atomic E-state index is 11.8. The molecule has 1 atom stereocenters. The molecule has 1 aromatic carbocycles. The molecule has 0 aromatic heterocycles. The molecule has 19 heavy (non-hydrogen) atoms. The Morgan fingerprint density at radius 1 is 1.42 bits per heavy atom. The summed E-state index contributed by atoms with van der Waals surface area (Å²) in [5, 5.41) is 5.50. The summed E-state index contributed by atoms with van der Waals surface area (Å²) in [6, 6.07) is 7.14. The lowest BCUT2D eigenvalue weighted by Gasteiger charge is -2.10. The highest BCUT2D eigenvalue weighted by atomic mass is 32.1. The second-order valence-corrected chi connectivity index (χ2v) is 4.95. The zero-order chi connectivity index (χ0) is 13.8. The number of amides is 2. The number of nitrogens with two attached hydrogens (primary N) is 1. The summed E-state index contributed by atoms with van der Waals surface area (Å²) in [7, 11) is 0. The number of carbonyl (C=O) groups is 2. The van der Waals surface area contributed by atoms with Crippen LogP contribution in [-0.4, -0.2) is 29.4 Å². The fourth-order valence-corrected chi connectivity index (χ4v) is 2.09. The van der Waals surface area contributed by atoms with E-state index < -0.39 is 0 Å². The first-order valence-electron chi connectivity index (χ1n) is 5.99. The SMILES string of the molecule is NC(=S)c1ccc(CC(=O)NC2CNC(=O)C2)cc1. The van der Waals surface area contributed by atoms with Gasteiger partial charge in [0.15, 0.2) is 0 Å². The quantitative estimate of drug-likeness (QED) is 0.669. The molecule has 0 radical (unpaired) electrons. The van der Waals surface area contributed by atoms with E-state index in [-0.39, 0.29) is 24.3 Å². The molecule has 100 valence electrons. The topological polar surface area (TPSA) is 84.2 Å². The molecule has 4 N–H and O–H groups in total. The molecule has 1 aliphatic heterocycles. The van der Waals surface area contributed by atoms with Gasteiger partial charge in [0.25, 0.3) is 0 Å². The van der Waals surface area contributed by atoms with Crippen LogP contribution in [0.1, 0.15) is 17.5 Å². The molecule has 1 heterocycles. The minimum absolute atomic E-state index is 0.0221. The largest absolute Gasteiger partial charge is 0.389 e. The van der Waals surface area contributed by atoms with Crippen molar-refractivity contribution < 1.29 is 9.59 Å². The molecule has 1 aliphatic rings. The Labute approximate surface area is 116 Å². The van der Waals surface area contributed by atoms with Crippen LogP contribution in [-0.2, 0) is 16.0 Å². The first-order chi connectivity index (χ1) is 9.04. The van der Waals surface area contributed by atoms with E-state index in [1.165, 1.54) is 0 Å². The molecule has 0 aliphatic carbocycles. The van der Waals surface area contributed by atoms with E-state index in [0.717, 1.165) is 11.1 Å². The molecular formula is C13H15N3O2S. The van der Waals surface area contributed by atoms with E-state index in [0.29, 0.717) is 18.0 Å². The summed E-state index contributed by atoms with van der Waals surface area (Å²) in [6.07, 6.45) is 0.633. The van der Waals surface area contributed by atoms with Crippen molar-refractivity contribution in [3.05, 3.63) is 35.4 Å². The van der Waals surface area contributed by atoms with Crippen molar-refractivity contribution in [2.24, 2.45) is 5.73 Å². The van der Waals surface area contributed by atoms with E-state index in [9.17, 15) is 9.59 Å². The molecule has 1 fully saturated rings. The van der Waals surface area contributed by atoms with Gasteiger partial charge in [-0.2, -0.15) is 0 Å². The second-order valence-electron chi connectivity index (χ2n) is 4.51. The van der Waals surface area contributed by atoms with Crippen molar-refractivity contribution in [2.45, 2.75) is 18.9 Å². The number of nitrogens with one attached hydrogen (secondary N) is 2. The monoisotopic (exact) mass is 277 g/mol. The maximum Gasteiger partial charge on any atom is 0.224 e. The highest BCUT2D eigenvalue weighted by Crippen LogP contribution is 2.06. The van der Waals surface area contributed by atoms with Gasteiger partial charge in [-0.15, -0.1) is 0 Å². The lowest BCUT2D eigenvalue weighted by atomic mass is 10.1. The van der Waals surface area contributed by atoms with E-state index in [1.54, 1.807) is 12.1 Å². The number of thiocarbonyl (C=S) groups is 1. The molecule has 1 aromatic rings. The van der Waals surface area contributed by atoms with Crippen LogP contribution in [0, 0.1) is 0 Å². The Kier molecular flexibility index (Phi) is 4.11. The average molecular weight is 277 g/mol. The van der Waals surface area contributed by atoms with Gasteiger partial charge >= 0.3 is 0 Å². The van der Waals surface area contributed by atoms with Crippen LogP contribution in [0.2, 0.25) is 0 Å². The Bertz CT molecular complexity index is 513. The third-order valence-electron chi connectivity index (χ3n) is 2.95. The van der Waals surface area contributed by atoms with Gasteiger partial charge < -0.3 is 16.4 Å². The Morgan fingerprint density at radius 3 is 2.63 bits per heavy atom. The molecule has 0 saturated carbocycles. The van der Waals surface area contributed by atoms with Crippen molar-refractivity contribution in [1.82, 2.24) is 10.6 Å². The van der Waals surface area contributed by atoms with E-state index in [4.69, 9.17) is 18.0 Å². The summed E-state index contributed by atoms with van der Waals surface area (Å²) in [6.45, 7) is 0.505. The van der Waals surface area contributed by atoms with Crippen LogP contribution in [0.5, 0.6) is 0 Å². The van der Waals surface area contributed by atoms with Gasteiger partial charge in [-0.25, -0.2) is 0 Å². The van der Waals surface area contributed by atoms with Gasteiger partial charge in [0, 0.05) is 18.5 Å². The molecule has 5 nitrogen and oxygen atoms in total. The third kappa shape index (κ3) is 3.75. The van der Waals surface area contributed by atoms with Crippen molar-refractivity contribution in [2.75, 3.05) is 6.54 Å². The molecule has 0 bridgehead atoms. The molecular weight excluding hydrogens is 262 g/mol. The number of rotatable bonds is 4. The highest BCUT2D eigenvalue weighted by molar-refractivity contribution is 7.80. The fraction of sp³-hybridized carbons (Fsp3) is 0.308. The average Bonchev–Trinajstić information content (AvgIpc) is 2.75. The van der Waals surface area contributed by atoms with Gasteiger partial charge in [-0.05, 0) is 5.56 Å². The number of benzene rings is 1. The minimum Gasteiger partial charge on any atom is -0.389 e. The first kappa shape index (κ1) is 13.5. The number of hydrogen-bond acceptors (Lipinski definition) is 3. The normalized spacial score (nSPS) is 17.9. The zero-order valence-electron chi connectivity index (χ0n) is 10.3. The van der Waals surface area contributed by atoms with Gasteiger partial charge in [0.2, 0.25) is 11.8 Å². The van der Waals surface area contributed by atoms with Crippen molar-refractivity contribution in [3.63, 3.8) is 0 Å². The minimum atomic E-state index is -0.101. The molecule has 0 spiro atoms. The summed E-state index contributed by atoms with van der Waals surface area (Å²) < 4.78 is 0. The smallest absolute Gasteiger partial charge is 0.224 e. The van der Waals surface area contributed by atoms with Crippen LogP contribution >= 0.6 is 12.2 Å². The summed E-state index contributed by atoms with van der Waals surface area (Å²) in [5.41, 5.74) is 7.17. The predicted molar refractivity (Wildman–Crippen MR) is 75.6 cm³/mol. The van der Waals surface area contributed by atoms with E-state index in [2.05, 4.69) is 10.6 Å². The lowest BCUT2D eigenvalue weighted by molar-refractivity contribution is -0.121. The third-order valence-corrected chi connectivity index (χ3v) is 3.18.